The van der Waals surface area contributed by atoms with Crippen molar-refractivity contribution in [2.75, 3.05) is 5.32 Å². The Morgan fingerprint density at radius 1 is 1.17 bits per heavy atom. The smallest absolute Gasteiger partial charge is 0.322 e. The molecule has 2 aromatic rings. The van der Waals surface area contributed by atoms with Crippen LogP contribution in [0.3, 0.4) is 0 Å². The Hall–Kier alpha value is -2.50. The molecular formula is C18H20FN3O2. The Morgan fingerprint density at radius 2 is 1.79 bits per heavy atom. The molecule has 1 amide bonds. The van der Waals surface area contributed by atoms with E-state index in [0.29, 0.717) is 17.1 Å². The minimum absolute atomic E-state index is 0.0186. The molecule has 0 aliphatic heterocycles. The first-order valence-electron chi connectivity index (χ1n) is 8.13. The van der Waals surface area contributed by atoms with Crippen LogP contribution >= 0.6 is 0 Å². The van der Waals surface area contributed by atoms with Crippen LogP contribution in [0.1, 0.15) is 37.1 Å². The van der Waals surface area contributed by atoms with Crippen LogP contribution in [-0.2, 0) is 4.79 Å². The molecule has 6 heteroatoms. The standard InChI is InChI=1S/C18H20FN3O2/c1-11-16(22-17(23)13-7-3-4-8-13)12(2)21-18(20-11)24-15-10-6-5-9-14(15)19/h5-6,9-10,13H,3-4,7-8H2,1-2H3,(H,22,23). The summed E-state index contributed by atoms with van der Waals surface area (Å²) in [6, 6.07) is 6.15. The number of carbonyl (C=O) groups is 1. The van der Waals surface area contributed by atoms with Crippen molar-refractivity contribution in [3.8, 4) is 11.8 Å². The van der Waals surface area contributed by atoms with Gasteiger partial charge in [-0.05, 0) is 38.8 Å². The third kappa shape index (κ3) is 3.53. The zero-order chi connectivity index (χ0) is 17.1. The fourth-order valence-corrected chi connectivity index (χ4v) is 2.95. The topological polar surface area (TPSA) is 64.1 Å². The Bertz CT molecular complexity index is 735. The number of hydrogen-bond acceptors (Lipinski definition) is 4. The maximum Gasteiger partial charge on any atom is 0.322 e. The number of anilines is 1. The summed E-state index contributed by atoms with van der Waals surface area (Å²) in [7, 11) is 0. The lowest BCUT2D eigenvalue weighted by Gasteiger charge is -2.15. The van der Waals surface area contributed by atoms with Gasteiger partial charge < -0.3 is 10.1 Å². The first-order valence-corrected chi connectivity index (χ1v) is 8.13. The van der Waals surface area contributed by atoms with Crippen molar-refractivity contribution in [2.24, 2.45) is 5.92 Å². The molecule has 1 aliphatic rings. The number of carbonyl (C=O) groups excluding carboxylic acids is 1. The molecule has 1 N–H and O–H groups in total. The van der Waals surface area contributed by atoms with Crippen molar-refractivity contribution in [3.63, 3.8) is 0 Å². The van der Waals surface area contributed by atoms with Crippen LogP contribution in [0.4, 0.5) is 10.1 Å². The molecular weight excluding hydrogens is 309 g/mol. The monoisotopic (exact) mass is 329 g/mol. The molecule has 24 heavy (non-hydrogen) atoms. The first kappa shape index (κ1) is 16.4. The lowest BCUT2D eigenvalue weighted by molar-refractivity contribution is -0.119. The molecule has 0 unspecified atom stereocenters. The summed E-state index contributed by atoms with van der Waals surface area (Å²) in [5, 5.41) is 2.93. The lowest BCUT2D eigenvalue weighted by atomic mass is 10.1. The molecule has 0 atom stereocenters. The molecule has 5 nitrogen and oxygen atoms in total. The van der Waals surface area contributed by atoms with Gasteiger partial charge in [-0.25, -0.2) is 4.39 Å². The number of nitrogens with one attached hydrogen (secondary N) is 1. The van der Waals surface area contributed by atoms with Gasteiger partial charge in [-0.3, -0.25) is 4.79 Å². The van der Waals surface area contributed by atoms with E-state index in [1.165, 1.54) is 12.1 Å². The number of aromatic nitrogens is 2. The van der Waals surface area contributed by atoms with Crippen molar-refractivity contribution in [2.45, 2.75) is 39.5 Å². The van der Waals surface area contributed by atoms with Gasteiger partial charge >= 0.3 is 6.01 Å². The second-order valence-electron chi connectivity index (χ2n) is 6.06. The minimum Gasteiger partial charge on any atom is -0.421 e. The average Bonchev–Trinajstić information content (AvgIpc) is 3.07. The first-order chi connectivity index (χ1) is 11.5. The summed E-state index contributed by atoms with van der Waals surface area (Å²) in [6.45, 7) is 3.54. The zero-order valence-corrected chi connectivity index (χ0v) is 13.8. The van der Waals surface area contributed by atoms with Crippen LogP contribution in [0, 0.1) is 25.6 Å². The Morgan fingerprint density at radius 3 is 2.42 bits per heavy atom. The van der Waals surface area contributed by atoms with Crippen molar-refractivity contribution in [3.05, 3.63) is 41.5 Å². The van der Waals surface area contributed by atoms with Crippen LogP contribution < -0.4 is 10.1 Å². The van der Waals surface area contributed by atoms with Crippen molar-refractivity contribution >= 4 is 11.6 Å². The summed E-state index contributed by atoms with van der Waals surface area (Å²) < 4.78 is 19.1. The number of aryl methyl sites for hydroxylation is 2. The van der Waals surface area contributed by atoms with E-state index >= 15 is 0 Å². The molecule has 0 radical (unpaired) electrons. The summed E-state index contributed by atoms with van der Waals surface area (Å²) in [6.07, 6.45) is 4.06. The van der Waals surface area contributed by atoms with E-state index < -0.39 is 5.82 Å². The summed E-state index contributed by atoms with van der Waals surface area (Å²) in [5.41, 5.74) is 1.80. The van der Waals surface area contributed by atoms with Gasteiger partial charge in [0.25, 0.3) is 0 Å². The molecule has 1 fully saturated rings. The summed E-state index contributed by atoms with van der Waals surface area (Å²) >= 11 is 0. The largest absolute Gasteiger partial charge is 0.421 e. The van der Waals surface area contributed by atoms with Gasteiger partial charge in [0.2, 0.25) is 5.91 Å². The molecule has 1 aromatic carbocycles. The SMILES string of the molecule is Cc1nc(Oc2ccccc2F)nc(C)c1NC(=O)C1CCCC1. The maximum atomic E-state index is 13.7. The number of para-hydroxylation sites is 1. The number of hydrogen-bond donors (Lipinski definition) is 1. The van der Waals surface area contributed by atoms with E-state index in [0.717, 1.165) is 25.7 Å². The van der Waals surface area contributed by atoms with Crippen molar-refractivity contribution in [1.29, 1.82) is 0 Å². The van der Waals surface area contributed by atoms with E-state index in [4.69, 9.17) is 4.74 Å². The van der Waals surface area contributed by atoms with Crippen LogP contribution in [0.15, 0.2) is 24.3 Å². The van der Waals surface area contributed by atoms with Crippen LogP contribution in [-0.4, -0.2) is 15.9 Å². The third-order valence-corrected chi connectivity index (χ3v) is 4.26. The van der Waals surface area contributed by atoms with Gasteiger partial charge in [-0.1, -0.05) is 25.0 Å². The molecule has 126 valence electrons. The number of halogens is 1. The summed E-state index contributed by atoms with van der Waals surface area (Å²) in [5.74, 6) is -0.322. The number of nitrogens with zero attached hydrogens (tertiary/aromatic N) is 2. The van der Waals surface area contributed by atoms with E-state index in [9.17, 15) is 9.18 Å². The lowest BCUT2D eigenvalue weighted by Crippen LogP contribution is -2.22. The van der Waals surface area contributed by atoms with Crippen molar-refractivity contribution < 1.29 is 13.9 Å². The van der Waals surface area contributed by atoms with Gasteiger partial charge in [0.15, 0.2) is 11.6 Å². The third-order valence-electron chi connectivity index (χ3n) is 4.26. The number of amides is 1. The highest BCUT2D eigenvalue weighted by Crippen LogP contribution is 2.28. The van der Waals surface area contributed by atoms with Gasteiger partial charge in [0.05, 0.1) is 17.1 Å². The molecule has 3 rings (SSSR count). The minimum atomic E-state index is -0.477. The second-order valence-corrected chi connectivity index (χ2v) is 6.06. The highest BCUT2D eigenvalue weighted by atomic mass is 19.1. The highest BCUT2D eigenvalue weighted by Gasteiger charge is 2.24. The van der Waals surface area contributed by atoms with Gasteiger partial charge in [0.1, 0.15) is 0 Å². The molecule has 1 aromatic heterocycles. The van der Waals surface area contributed by atoms with Crippen LogP contribution in [0.5, 0.6) is 11.8 Å². The average molecular weight is 329 g/mol. The van der Waals surface area contributed by atoms with Gasteiger partial charge in [0, 0.05) is 5.92 Å². The van der Waals surface area contributed by atoms with Crippen LogP contribution in [0.2, 0.25) is 0 Å². The quantitative estimate of drug-likeness (QED) is 0.915. The molecule has 1 saturated carbocycles. The number of rotatable bonds is 4. The van der Waals surface area contributed by atoms with E-state index in [2.05, 4.69) is 15.3 Å². The molecule has 0 bridgehead atoms. The van der Waals surface area contributed by atoms with Crippen molar-refractivity contribution in [1.82, 2.24) is 9.97 Å². The predicted molar refractivity (Wildman–Crippen MR) is 88.6 cm³/mol. The fraction of sp³-hybridized carbons (Fsp3) is 0.389. The summed E-state index contributed by atoms with van der Waals surface area (Å²) in [4.78, 5) is 20.8. The number of ether oxygens (including phenoxy) is 1. The number of benzene rings is 1. The van der Waals surface area contributed by atoms with Crippen LogP contribution in [0.25, 0.3) is 0 Å². The molecule has 0 saturated heterocycles. The maximum absolute atomic E-state index is 13.7. The fourth-order valence-electron chi connectivity index (χ4n) is 2.95. The predicted octanol–water partition coefficient (Wildman–Crippen LogP) is 4.15. The Balaban J connectivity index is 1.78. The normalized spacial score (nSPS) is 14.6. The van der Waals surface area contributed by atoms with E-state index in [1.807, 2.05) is 0 Å². The van der Waals surface area contributed by atoms with E-state index in [-0.39, 0.29) is 23.6 Å². The molecule has 0 spiro atoms. The van der Waals surface area contributed by atoms with E-state index in [1.54, 1.807) is 26.0 Å². The Labute approximate surface area is 140 Å². The Kier molecular flexibility index (Phi) is 4.74. The van der Waals surface area contributed by atoms with Gasteiger partial charge in [-0.15, -0.1) is 0 Å². The second kappa shape index (κ2) is 6.95. The zero-order valence-electron chi connectivity index (χ0n) is 13.8. The van der Waals surface area contributed by atoms with Gasteiger partial charge in [-0.2, -0.15) is 9.97 Å². The molecule has 1 heterocycles. The molecule has 1 aliphatic carbocycles. The highest BCUT2D eigenvalue weighted by molar-refractivity contribution is 5.93.